The predicted molar refractivity (Wildman–Crippen MR) is 150 cm³/mol. The fourth-order valence-electron chi connectivity index (χ4n) is 5.11. The molecule has 1 saturated heterocycles. The number of carbonyl (C=O) groups is 1. The minimum Gasteiger partial charge on any atom is -0.496 e. The number of piperazine rings is 1. The Bertz CT molecular complexity index is 1360. The fourth-order valence-corrected chi connectivity index (χ4v) is 5.60. The van der Waals surface area contributed by atoms with E-state index in [1.807, 2.05) is 37.3 Å². The maximum atomic E-state index is 13.4. The van der Waals surface area contributed by atoms with Crippen LogP contribution in [0.4, 0.5) is 0 Å². The summed E-state index contributed by atoms with van der Waals surface area (Å²) in [5, 5.41) is 0.833. The molecule has 37 heavy (non-hydrogen) atoms. The molecule has 0 spiro atoms. The van der Waals surface area contributed by atoms with Gasteiger partial charge in [-0.25, -0.2) is 4.79 Å². The zero-order chi connectivity index (χ0) is 25.8. The number of fused-ring (bicyclic) bond motifs is 1. The second kappa shape index (κ2) is 11.5. The first-order chi connectivity index (χ1) is 18.1. The van der Waals surface area contributed by atoms with Crippen LogP contribution in [0.15, 0.2) is 77.3 Å². The zero-order valence-electron chi connectivity index (χ0n) is 21.3. The van der Waals surface area contributed by atoms with E-state index in [9.17, 15) is 4.79 Å². The average molecular weight is 563 g/mol. The molecule has 0 aliphatic carbocycles. The number of methoxy groups -OCH3 is 1. The third kappa shape index (κ3) is 5.44. The molecule has 0 unspecified atom stereocenters. The Hall–Kier alpha value is -3.13. The molecular formula is C30H32BrN3O3. The number of hydrogen-bond donors (Lipinski definition) is 0. The van der Waals surface area contributed by atoms with Crippen molar-refractivity contribution in [1.29, 1.82) is 0 Å². The quantitative estimate of drug-likeness (QED) is 0.251. The molecule has 3 aromatic carbocycles. The van der Waals surface area contributed by atoms with E-state index in [1.165, 1.54) is 5.56 Å². The van der Waals surface area contributed by atoms with Crippen molar-refractivity contribution in [2.45, 2.75) is 20.0 Å². The van der Waals surface area contributed by atoms with E-state index in [1.54, 1.807) is 7.11 Å². The number of aromatic nitrogens is 1. The number of halogens is 1. The van der Waals surface area contributed by atoms with Gasteiger partial charge in [0.05, 0.1) is 35.0 Å². The Morgan fingerprint density at radius 1 is 0.892 bits per heavy atom. The van der Waals surface area contributed by atoms with E-state index in [-0.39, 0.29) is 5.97 Å². The van der Waals surface area contributed by atoms with Crippen LogP contribution >= 0.6 is 15.9 Å². The lowest BCUT2D eigenvalue weighted by atomic mass is 10.1. The maximum absolute atomic E-state index is 13.4. The molecule has 0 atom stereocenters. The zero-order valence-corrected chi connectivity index (χ0v) is 22.9. The van der Waals surface area contributed by atoms with E-state index in [0.29, 0.717) is 24.5 Å². The molecule has 4 aromatic rings. The van der Waals surface area contributed by atoms with Crippen LogP contribution in [0.2, 0.25) is 0 Å². The first-order valence-electron chi connectivity index (χ1n) is 12.7. The summed E-state index contributed by atoms with van der Waals surface area (Å²) >= 11 is 3.65. The number of rotatable bonds is 8. The SMILES string of the molecule is CCOC(=O)c1c(CN2CCN(Cc3ccccc3)CC2)n(-c2ccccc2)c2cc(Br)c(OC)cc12. The first-order valence-corrected chi connectivity index (χ1v) is 13.5. The lowest BCUT2D eigenvalue weighted by Crippen LogP contribution is -2.45. The molecule has 2 heterocycles. The Morgan fingerprint density at radius 3 is 2.14 bits per heavy atom. The van der Waals surface area contributed by atoms with E-state index in [0.717, 1.165) is 59.5 Å². The standard InChI is InChI=1S/C30H32BrN3O3/c1-3-37-30(35)29-24-18-28(36-2)25(31)19-26(24)34(23-12-8-5-9-13-23)27(29)21-33-16-14-32(15-17-33)20-22-10-6-4-7-11-22/h4-13,18-19H,3,14-17,20-21H2,1-2H3. The monoisotopic (exact) mass is 561 g/mol. The van der Waals surface area contributed by atoms with Gasteiger partial charge in [-0.15, -0.1) is 0 Å². The number of carbonyl (C=O) groups excluding carboxylic acids is 1. The molecule has 0 amide bonds. The van der Waals surface area contributed by atoms with Crippen molar-refractivity contribution < 1.29 is 14.3 Å². The highest BCUT2D eigenvalue weighted by Gasteiger charge is 2.28. The van der Waals surface area contributed by atoms with E-state index >= 15 is 0 Å². The lowest BCUT2D eigenvalue weighted by molar-refractivity contribution is 0.0524. The predicted octanol–water partition coefficient (Wildman–Crippen LogP) is 5.90. The summed E-state index contributed by atoms with van der Waals surface area (Å²) in [4.78, 5) is 18.3. The van der Waals surface area contributed by atoms with Gasteiger partial charge < -0.3 is 14.0 Å². The summed E-state index contributed by atoms with van der Waals surface area (Å²) in [7, 11) is 1.64. The van der Waals surface area contributed by atoms with Crippen LogP contribution in [0.1, 0.15) is 28.5 Å². The highest BCUT2D eigenvalue weighted by molar-refractivity contribution is 9.10. The summed E-state index contributed by atoms with van der Waals surface area (Å²) in [6.07, 6.45) is 0. The Labute approximate surface area is 226 Å². The number of nitrogens with zero attached hydrogens (tertiary/aromatic N) is 3. The molecule has 1 aliphatic heterocycles. The second-order valence-electron chi connectivity index (χ2n) is 9.25. The van der Waals surface area contributed by atoms with Crippen LogP contribution < -0.4 is 4.74 Å². The summed E-state index contributed by atoms with van der Waals surface area (Å²) in [5.41, 5.74) is 4.84. The molecule has 1 aliphatic rings. The molecule has 0 N–H and O–H groups in total. The van der Waals surface area contributed by atoms with E-state index in [4.69, 9.17) is 9.47 Å². The molecule has 0 radical (unpaired) electrons. The van der Waals surface area contributed by atoms with Crippen molar-refractivity contribution >= 4 is 32.8 Å². The fraction of sp³-hybridized carbons (Fsp3) is 0.300. The number of ether oxygens (including phenoxy) is 2. The van der Waals surface area contributed by atoms with Crippen LogP contribution in [0, 0.1) is 0 Å². The van der Waals surface area contributed by atoms with Crippen molar-refractivity contribution in [3.8, 4) is 11.4 Å². The van der Waals surface area contributed by atoms with Gasteiger partial charge >= 0.3 is 5.97 Å². The van der Waals surface area contributed by atoms with Gasteiger partial charge in [0, 0.05) is 50.3 Å². The highest BCUT2D eigenvalue weighted by Crippen LogP contribution is 2.37. The summed E-state index contributed by atoms with van der Waals surface area (Å²) in [6, 6.07) is 24.8. The first kappa shape index (κ1) is 25.5. The largest absolute Gasteiger partial charge is 0.496 e. The number of hydrogen-bond acceptors (Lipinski definition) is 5. The topological polar surface area (TPSA) is 46.9 Å². The van der Waals surface area contributed by atoms with Crippen molar-refractivity contribution in [2.24, 2.45) is 0 Å². The van der Waals surface area contributed by atoms with Crippen molar-refractivity contribution in [2.75, 3.05) is 39.9 Å². The Morgan fingerprint density at radius 2 is 1.51 bits per heavy atom. The van der Waals surface area contributed by atoms with Gasteiger partial charge in [-0.1, -0.05) is 48.5 Å². The van der Waals surface area contributed by atoms with Gasteiger partial charge in [0.15, 0.2) is 0 Å². The molecule has 0 saturated carbocycles. The normalized spacial score (nSPS) is 14.7. The Balaban J connectivity index is 1.52. The summed E-state index contributed by atoms with van der Waals surface area (Å²) in [6.45, 7) is 7.59. The molecule has 6 nitrogen and oxygen atoms in total. The van der Waals surface area contributed by atoms with Crippen LogP contribution in [0.5, 0.6) is 5.75 Å². The van der Waals surface area contributed by atoms with Gasteiger partial charge in [0.25, 0.3) is 0 Å². The van der Waals surface area contributed by atoms with Gasteiger partial charge in [0.2, 0.25) is 0 Å². The molecular weight excluding hydrogens is 530 g/mol. The highest BCUT2D eigenvalue weighted by atomic mass is 79.9. The van der Waals surface area contributed by atoms with Crippen molar-refractivity contribution in [3.63, 3.8) is 0 Å². The minimum absolute atomic E-state index is 0.302. The summed E-state index contributed by atoms with van der Waals surface area (Å²) in [5.74, 6) is 0.383. The maximum Gasteiger partial charge on any atom is 0.340 e. The van der Waals surface area contributed by atoms with E-state index < -0.39 is 0 Å². The number of para-hydroxylation sites is 1. The Kier molecular flexibility index (Phi) is 7.93. The summed E-state index contributed by atoms with van der Waals surface area (Å²) < 4.78 is 14.2. The van der Waals surface area contributed by atoms with Crippen molar-refractivity contribution in [1.82, 2.24) is 14.4 Å². The van der Waals surface area contributed by atoms with Gasteiger partial charge in [-0.2, -0.15) is 0 Å². The molecule has 1 aromatic heterocycles. The molecule has 1 fully saturated rings. The van der Waals surface area contributed by atoms with Crippen LogP contribution in [-0.2, 0) is 17.8 Å². The number of benzene rings is 3. The molecule has 0 bridgehead atoms. The molecule has 5 rings (SSSR count). The number of esters is 1. The van der Waals surface area contributed by atoms with Crippen LogP contribution in [0.25, 0.3) is 16.6 Å². The van der Waals surface area contributed by atoms with Crippen molar-refractivity contribution in [3.05, 3.63) is 94.1 Å². The van der Waals surface area contributed by atoms with Crippen LogP contribution in [-0.4, -0.2) is 60.2 Å². The van der Waals surface area contributed by atoms with Gasteiger partial charge in [-0.3, -0.25) is 9.80 Å². The molecule has 192 valence electrons. The van der Waals surface area contributed by atoms with Gasteiger partial charge in [-0.05, 0) is 52.7 Å². The third-order valence-electron chi connectivity index (χ3n) is 6.92. The van der Waals surface area contributed by atoms with Gasteiger partial charge in [0.1, 0.15) is 5.75 Å². The third-order valence-corrected chi connectivity index (χ3v) is 7.54. The van der Waals surface area contributed by atoms with Crippen LogP contribution in [0.3, 0.4) is 0 Å². The smallest absolute Gasteiger partial charge is 0.340 e. The minimum atomic E-state index is -0.302. The second-order valence-corrected chi connectivity index (χ2v) is 10.1. The van der Waals surface area contributed by atoms with E-state index in [2.05, 4.69) is 72.8 Å². The average Bonchev–Trinajstić information content (AvgIpc) is 3.22. The molecule has 7 heteroatoms. The lowest BCUT2D eigenvalue weighted by Gasteiger charge is -2.35.